The summed E-state index contributed by atoms with van der Waals surface area (Å²) in [6.45, 7) is 3.56. The van der Waals surface area contributed by atoms with Crippen molar-refractivity contribution in [1.82, 2.24) is 0 Å². The highest BCUT2D eigenvalue weighted by Gasteiger charge is 2.18. The Balaban J connectivity index is 2.13. The molecule has 0 saturated carbocycles. The highest BCUT2D eigenvalue weighted by Crippen LogP contribution is 2.26. The van der Waals surface area contributed by atoms with Crippen LogP contribution in [0.3, 0.4) is 0 Å². The molecule has 0 aliphatic rings. The van der Waals surface area contributed by atoms with Crippen LogP contribution in [0.4, 0.5) is 4.39 Å². The molecule has 4 heteroatoms. The van der Waals surface area contributed by atoms with Crippen LogP contribution in [0, 0.1) is 12.7 Å². The van der Waals surface area contributed by atoms with Gasteiger partial charge >= 0.3 is 0 Å². The van der Waals surface area contributed by atoms with Crippen molar-refractivity contribution in [3.63, 3.8) is 0 Å². The molecule has 0 aliphatic carbocycles. The number of rotatable bonds is 4. The minimum Gasteiger partial charge on any atom is -0.481 e. The largest absolute Gasteiger partial charge is 0.481 e. The van der Waals surface area contributed by atoms with Crippen LogP contribution >= 0.6 is 11.6 Å². The van der Waals surface area contributed by atoms with E-state index in [0.717, 1.165) is 5.56 Å². The second-order valence-electron chi connectivity index (χ2n) is 4.57. The Hall–Kier alpha value is -1.87. The normalized spacial score (nSPS) is 12.0. The van der Waals surface area contributed by atoms with Crippen LogP contribution in [-0.4, -0.2) is 11.9 Å². The maximum atomic E-state index is 12.8. The lowest BCUT2D eigenvalue weighted by Crippen LogP contribution is -2.24. The van der Waals surface area contributed by atoms with Gasteiger partial charge in [-0.2, -0.15) is 0 Å². The molecule has 20 heavy (non-hydrogen) atoms. The van der Waals surface area contributed by atoms with Crippen LogP contribution in [0.1, 0.15) is 22.8 Å². The molecule has 0 saturated heterocycles. The number of benzene rings is 2. The van der Waals surface area contributed by atoms with Gasteiger partial charge in [0, 0.05) is 5.56 Å². The molecule has 1 unspecified atom stereocenters. The van der Waals surface area contributed by atoms with Crippen LogP contribution < -0.4 is 4.74 Å². The van der Waals surface area contributed by atoms with Crippen LogP contribution in [0.15, 0.2) is 42.5 Å². The molecule has 104 valence electrons. The van der Waals surface area contributed by atoms with Crippen molar-refractivity contribution >= 4 is 17.4 Å². The van der Waals surface area contributed by atoms with Gasteiger partial charge in [0.05, 0.1) is 5.02 Å². The van der Waals surface area contributed by atoms with E-state index in [1.54, 1.807) is 19.1 Å². The zero-order chi connectivity index (χ0) is 14.7. The fourth-order valence-corrected chi connectivity index (χ4v) is 2.07. The van der Waals surface area contributed by atoms with Crippen molar-refractivity contribution in [3.05, 3.63) is 64.4 Å². The monoisotopic (exact) mass is 292 g/mol. The summed E-state index contributed by atoms with van der Waals surface area (Å²) in [5.74, 6) is -0.140. The predicted octanol–water partition coefficient (Wildman–Crippen LogP) is 4.44. The lowest BCUT2D eigenvalue weighted by atomic mass is 10.1. The van der Waals surface area contributed by atoms with Crippen molar-refractivity contribution in [3.8, 4) is 5.75 Å². The molecule has 0 spiro atoms. The number of halogens is 2. The first-order chi connectivity index (χ1) is 9.47. The average molecular weight is 293 g/mol. The summed E-state index contributed by atoms with van der Waals surface area (Å²) in [6.07, 6.45) is -0.694. The van der Waals surface area contributed by atoms with E-state index in [1.807, 2.05) is 13.0 Å². The zero-order valence-electron chi connectivity index (χ0n) is 11.2. The second-order valence-corrected chi connectivity index (χ2v) is 4.97. The lowest BCUT2D eigenvalue weighted by Gasteiger charge is -2.15. The van der Waals surface area contributed by atoms with Gasteiger partial charge in [-0.25, -0.2) is 4.39 Å². The quantitative estimate of drug-likeness (QED) is 0.779. The Labute approximate surface area is 122 Å². The standard InChI is InChI=1S/C16H14ClFO2/c1-10-3-8-15(14(17)9-10)20-11(2)16(19)12-4-6-13(18)7-5-12/h3-9,11H,1-2H3. The van der Waals surface area contributed by atoms with Crippen LogP contribution in [0.5, 0.6) is 5.75 Å². The van der Waals surface area contributed by atoms with Crippen LogP contribution in [0.25, 0.3) is 0 Å². The minimum atomic E-state index is -0.694. The van der Waals surface area contributed by atoms with Crippen molar-refractivity contribution in [2.45, 2.75) is 20.0 Å². The summed E-state index contributed by atoms with van der Waals surface area (Å²) in [6, 6.07) is 10.7. The Morgan fingerprint density at radius 1 is 1.20 bits per heavy atom. The van der Waals surface area contributed by atoms with Crippen molar-refractivity contribution in [2.75, 3.05) is 0 Å². The number of carbonyl (C=O) groups is 1. The Morgan fingerprint density at radius 2 is 1.85 bits per heavy atom. The summed E-state index contributed by atoms with van der Waals surface area (Å²) >= 11 is 6.06. The molecule has 1 atom stereocenters. The van der Waals surface area contributed by atoms with Gasteiger partial charge in [0.2, 0.25) is 5.78 Å². The van der Waals surface area contributed by atoms with E-state index in [0.29, 0.717) is 16.3 Å². The first-order valence-electron chi connectivity index (χ1n) is 6.20. The Morgan fingerprint density at radius 3 is 2.45 bits per heavy atom. The van der Waals surface area contributed by atoms with Crippen molar-refractivity contribution in [2.24, 2.45) is 0 Å². The van der Waals surface area contributed by atoms with Crippen LogP contribution in [-0.2, 0) is 0 Å². The summed E-state index contributed by atoms with van der Waals surface area (Å²) in [4.78, 5) is 12.1. The van der Waals surface area contributed by atoms with E-state index >= 15 is 0 Å². The summed E-state index contributed by atoms with van der Waals surface area (Å²) in [7, 11) is 0. The first kappa shape index (κ1) is 14.5. The van der Waals surface area contributed by atoms with E-state index < -0.39 is 6.10 Å². The summed E-state index contributed by atoms with van der Waals surface area (Å²) < 4.78 is 18.4. The predicted molar refractivity (Wildman–Crippen MR) is 77.0 cm³/mol. The average Bonchev–Trinajstić information content (AvgIpc) is 2.42. The van der Waals surface area contributed by atoms with Gasteiger partial charge in [-0.15, -0.1) is 0 Å². The van der Waals surface area contributed by atoms with E-state index in [2.05, 4.69) is 0 Å². The smallest absolute Gasteiger partial charge is 0.202 e. The van der Waals surface area contributed by atoms with Crippen molar-refractivity contribution in [1.29, 1.82) is 0 Å². The topological polar surface area (TPSA) is 26.3 Å². The van der Waals surface area contributed by atoms with Gasteiger partial charge in [-0.3, -0.25) is 4.79 Å². The summed E-state index contributed by atoms with van der Waals surface area (Å²) in [5, 5.41) is 0.462. The molecular weight excluding hydrogens is 279 g/mol. The second kappa shape index (κ2) is 6.06. The SMILES string of the molecule is Cc1ccc(OC(C)C(=O)c2ccc(F)cc2)c(Cl)c1. The number of hydrogen-bond acceptors (Lipinski definition) is 2. The zero-order valence-corrected chi connectivity index (χ0v) is 11.9. The molecule has 2 aromatic rings. The molecule has 2 rings (SSSR count). The maximum Gasteiger partial charge on any atom is 0.202 e. The molecule has 0 radical (unpaired) electrons. The van der Waals surface area contributed by atoms with E-state index in [4.69, 9.17) is 16.3 Å². The number of ketones is 1. The Bertz CT molecular complexity index is 623. The molecule has 0 bridgehead atoms. The third kappa shape index (κ3) is 3.36. The summed E-state index contributed by atoms with van der Waals surface area (Å²) in [5.41, 5.74) is 1.42. The van der Waals surface area contributed by atoms with Gasteiger partial charge in [-0.05, 0) is 55.8 Å². The number of carbonyl (C=O) groups excluding carboxylic acids is 1. The molecule has 0 heterocycles. The fraction of sp³-hybridized carbons (Fsp3) is 0.188. The number of ether oxygens (including phenoxy) is 1. The van der Waals surface area contributed by atoms with E-state index in [9.17, 15) is 9.18 Å². The fourth-order valence-electron chi connectivity index (χ4n) is 1.79. The molecule has 0 fully saturated rings. The molecule has 2 aromatic carbocycles. The van der Waals surface area contributed by atoms with E-state index in [-0.39, 0.29) is 11.6 Å². The molecule has 0 aromatic heterocycles. The van der Waals surface area contributed by atoms with Crippen LogP contribution in [0.2, 0.25) is 5.02 Å². The number of aryl methyl sites for hydroxylation is 1. The lowest BCUT2D eigenvalue weighted by molar-refractivity contribution is 0.0818. The van der Waals surface area contributed by atoms with Gasteiger partial charge < -0.3 is 4.74 Å². The van der Waals surface area contributed by atoms with Gasteiger partial charge in [-0.1, -0.05) is 17.7 Å². The molecule has 0 amide bonds. The third-order valence-electron chi connectivity index (χ3n) is 2.89. The first-order valence-corrected chi connectivity index (χ1v) is 6.58. The van der Waals surface area contributed by atoms with Gasteiger partial charge in [0.25, 0.3) is 0 Å². The van der Waals surface area contributed by atoms with Crippen molar-refractivity contribution < 1.29 is 13.9 Å². The van der Waals surface area contributed by atoms with E-state index in [1.165, 1.54) is 24.3 Å². The molecule has 0 aliphatic heterocycles. The van der Waals surface area contributed by atoms with Gasteiger partial charge in [0.1, 0.15) is 11.6 Å². The highest BCUT2D eigenvalue weighted by atomic mass is 35.5. The number of Topliss-reactive ketones (excluding diaryl/α,β-unsaturated/α-hetero) is 1. The third-order valence-corrected chi connectivity index (χ3v) is 3.18. The molecular formula is C16H14ClFO2. The molecule has 0 N–H and O–H groups in total. The van der Waals surface area contributed by atoms with Gasteiger partial charge in [0.15, 0.2) is 6.10 Å². The maximum absolute atomic E-state index is 12.8. The highest BCUT2D eigenvalue weighted by molar-refractivity contribution is 6.32. The number of hydrogen-bond donors (Lipinski definition) is 0. The Kier molecular flexibility index (Phi) is 4.40. The minimum absolute atomic E-state index is 0.221. The molecule has 2 nitrogen and oxygen atoms in total.